The highest BCUT2D eigenvalue weighted by molar-refractivity contribution is 5.66. The number of nitrogens with two attached hydrogens (primary N) is 1. The predicted molar refractivity (Wildman–Crippen MR) is 83.1 cm³/mol. The maximum absolute atomic E-state index is 5.95. The molecule has 0 atom stereocenters. The van der Waals surface area contributed by atoms with E-state index in [0.717, 1.165) is 39.0 Å². The molecule has 6 nitrogen and oxygen atoms in total. The molecule has 1 rings (SSSR count). The van der Waals surface area contributed by atoms with Gasteiger partial charge in [0.15, 0.2) is 5.82 Å². The summed E-state index contributed by atoms with van der Waals surface area (Å²) >= 11 is 0. The number of nitrogens with one attached hydrogen (secondary N) is 1. The van der Waals surface area contributed by atoms with Gasteiger partial charge >= 0.3 is 0 Å². The first kappa shape index (κ1) is 16.5. The molecule has 0 aliphatic heterocycles. The van der Waals surface area contributed by atoms with Crippen molar-refractivity contribution in [3.8, 4) is 5.88 Å². The minimum absolute atomic E-state index is 0.452. The first-order valence-corrected chi connectivity index (χ1v) is 7.42. The van der Waals surface area contributed by atoms with E-state index in [0.29, 0.717) is 24.0 Å². The van der Waals surface area contributed by atoms with E-state index in [1.165, 1.54) is 6.33 Å². The lowest BCUT2D eigenvalue weighted by atomic mass is 10.3. The fourth-order valence-electron chi connectivity index (χ4n) is 1.98. The van der Waals surface area contributed by atoms with Crippen molar-refractivity contribution in [2.75, 3.05) is 43.8 Å². The van der Waals surface area contributed by atoms with Gasteiger partial charge in [0.1, 0.15) is 12.0 Å². The van der Waals surface area contributed by atoms with E-state index in [-0.39, 0.29) is 0 Å². The van der Waals surface area contributed by atoms with Crippen molar-refractivity contribution in [2.45, 2.75) is 33.6 Å². The van der Waals surface area contributed by atoms with E-state index in [1.54, 1.807) is 0 Å². The maximum Gasteiger partial charge on any atom is 0.242 e. The van der Waals surface area contributed by atoms with Gasteiger partial charge in [0.25, 0.3) is 0 Å². The lowest BCUT2D eigenvalue weighted by molar-refractivity contribution is 0.298. The molecule has 0 saturated heterocycles. The Balaban J connectivity index is 2.33. The molecule has 0 fully saturated rings. The number of aromatic nitrogens is 2. The fourth-order valence-corrected chi connectivity index (χ4v) is 1.98. The van der Waals surface area contributed by atoms with Crippen LogP contribution < -0.4 is 15.8 Å². The first-order valence-electron chi connectivity index (χ1n) is 7.42. The van der Waals surface area contributed by atoms with E-state index < -0.39 is 0 Å². The zero-order valence-corrected chi connectivity index (χ0v) is 12.9. The quantitative estimate of drug-likeness (QED) is 0.639. The summed E-state index contributed by atoms with van der Waals surface area (Å²) in [5, 5.41) is 3.25. The molecular weight excluding hydrogens is 254 g/mol. The molecule has 1 aromatic heterocycles. The molecule has 1 aromatic rings. The second-order valence-corrected chi connectivity index (χ2v) is 4.53. The lowest BCUT2D eigenvalue weighted by Crippen LogP contribution is -2.24. The topological polar surface area (TPSA) is 76.3 Å². The summed E-state index contributed by atoms with van der Waals surface area (Å²) < 4.78 is 5.34. The van der Waals surface area contributed by atoms with Crippen molar-refractivity contribution in [2.24, 2.45) is 0 Å². The molecule has 0 saturated carbocycles. The highest BCUT2D eigenvalue weighted by Gasteiger charge is 2.08. The largest absolute Gasteiger partial charge is 0.476 e. The number of rotatable bonds is 10. The van der Waals surface area contributed by atoms with Crippen molar-refractivity contribution in [3.05, 3.63) is 6.33 Å². The van der Waals surface area contributed by atoms with E-state index >= 15 is 0 Å². The van der Waals surface area contributed by atoms with Gasteiger partial charge in [-0.15, -0.1) is 0 Å². The van der Waals surface area contributed by atoms with Crippen LogP contribution in [0.15, 0.2) is 6.33 Å². The van der Waals surface area contributed by atoms with Gasteiger partial charge in [0.05, 0.1) is 6.61 Å². The molecule has 0 aliphatic carbocycles. The number of nitrogens with zero attached hydrogens (tertiary/aromatic N) is 3. The molecule has 3 N–H and O–H groups in total. The molecule has 0 amide bonds. The van der Waals surface area contributed by atoms with Gasteiger partial charge in [0.2, 0.25) is 5.88 Å². The van der Waals surface area contributed by atoms with Crippen LogP contribution in [-0.4, -0.2) is 47.7 Å². The SMILES string of the molecule is CCOc1ncnc(NCCCCN(CC)CC)c1N. The zero-order chi connectivity index (χ0) is 14.8. The van der Waals surface area contributed by atoms with Crippen LogP contribution in [0.1, 0.15) is 33.6 Å². The predicted octanol–water partition coefficient (Wildman–Crippen LogP) is 1.99. The number of anilines is 2. The molecule has 20 heavy (non-hydrogen) atoms. The standard InChI is InChI=1S/C14H27N5O/c1-4-19(5-2)10-8-7-9-16-13-12(15)14(20-6-3)18-11-17-13/h11H,4-10,15H2,1-3H3,(H,16,17,18). The highest BCUT2D eigenvalue weighted by Crippen LogP contribution is 2.24. The molecule has 1 heterocycles. The van der Waals surface area contributed by atoms with Crippen LogP contribution in [0.3, 0.4) is 0 Å². The van der Waals surface area contributed by atoms with Gasteiger partial charge in [-0.3, -0.25) is 0 Å². The summed E-state index contributed by atoms with van der Waals surface area (Å²) in [6.45, 7) is 11.1. The van der Waals surface area contributed by atoms with Crippen LogP contribution in [0.25, 0.3) is 0 Å². The van der Waals surface area contributed by atoms with Gasteiger partial charge in [-0.1, -0.05) is 13.8 Å². The van der Waals surface area contributed by atoms with E-state index in [2.05, 4.69) is 34.0 Å². The summed E-state index contributed by atoms with van der Waals surface area (Å²) in [7, 11) is 0. The van der Waals surface area contributed by atoms with Gasteiger partial charge in [-0.05, 0) is 39.4 Å². The van der Waals surface area contributed by atoms with Crippen LogP contribution >= 0.6 is 0 Å². The fraction of sp³-hybridized carbons (Fsp3) is 0.714. The molecule has 0 unspecified atom stereocenters. The summed E-state index contributed by atoms with van der Waals surface area (Å²) in [4.78, 5) is 10.6. The Hall–Kier alpha value is -1.56. The van der Waals surface area contributed by atoms with Crippen molar-refractivity contribution >= 4 is 11.5 Å². The Morgan fingerprint density at radius 1 is 1.20 bits per heavy atom. The minimum Gasteiger partial charge on any atom is -0.476 e. The van der Waals surface area contributed by atoms with Crippen LogP contribution in [0.2, 0.25) is 0 Å². The molecule has 0 bridgehead atoms. The molecule has 0 radical (unpaired) electrons. The van der Waals surface area contributed by atoms with Gasteiger partial charge < -0.3 is 20.7 Å². The number of ether oxygens (including phenoxy) is 1. The van der Waals surface area contributed by atoms with Gasteiger partial charge in [-0.2, -0.15) is 4.98 Å². The molecule has 0 spiro atoms. The van der Waals surface area contributed by atoms with E-state index in [4.69, 9.17) is 10.5 Å². The third-order valence-corrected chi connectivity index (χ3v) is 3.22. The highest BCUT2D eigenvalue weighted by atomic mass is 16.5. The second-order valence-electron chi connectivity index (χ2n) is 4.53. The summed E-state index contributed by atoms with van der Waals surface area (Å²) in [6.07, 6.45) is 3.72. The third kappa shape index (κ3) is 5.21. The lowest BCUT2D eigenvalue weighted by Gasteiger charge is -2.17. The Morgan fingerprint density at radius 3 is 2.60 bits per heavy atom. The normalized spacial score (nSPS) is 10.8. The minimum atomic E-state index is 0.452. The average molecular weight is 281 g/mol. The number of unbranched alkanes of at least 4 members (excludes halogenated alkanes) is 1. The van der Waals surface area contributed by atoms with E-state index in [9.17, 15) is 0 Å². The third-order valence-electron chi connectivity index (χ3n) is 3.22. The molecule has 0 aliphatic rings. The Bertz CT molecular complexity index is 382. The Morgan fingerprint density at radius 2 is 1.95 bits per heavy atom. The summed E-state index contributed by atoms with van der Waals surface area (Å²) in [5.41, 5.74) is 6.44. The molecule has 6 heteroatoms. The molecule has 114 valence electrons. The Kier molecular flexibility index (Phi) is 7.72. The van der Waals surface area contributed by atoms with Crippen molar-refractivity contribution < 1.29 is 4.74 Å². The number of nitrogen functional groups attached to an aromatic ring is 1. The Labute approximate surface area is 121 Å². The van der Waals surface area contributed by atoms with E-state index in [1.807, 2.05) is 6.92 Å². The van der Waals surface area contributed by atoms with Gasteiger partial charge in [-0.25, -0.2) is 4.98 Å². The van der Waals surface area contributed by atoms with Crippen LogP contribution in [0.4, 0.5) is 11.5 Å². The number of hydrogen-bond donors (Lipinski definition) is 2. The smallest absolute Gasteiger partial charge is 0.242 e. The monoisotopic (exact) mass is 281 g/mol. The number of hydrogen-bond acceptors (Lipinski definition) is 6. The van der Waals surface area contributed by atoms with Crippen molar-refractivity contribution in [1.82, 2.24) is 14.9 Å². The zero-order valence-electron chi connectivity index (χ0n) is 12.9. The van der Waals surface area contributed by atoms with Crippen LogP contribution in [0.5, 0.6) is 5.88 Å². The molecule has 0 aromatic carbocycles. The summed E-state index contributed by atoms with van der Waals surface area (Å²) in [6, 6.07) is 0. The van der Waals surface area contributed by atoms with Crippen molar-refractivity contribution in [1.29, 1.82) is 0 Å². The summed E-state index contributed by atoms with van der Waals surface area (Å²) in [5.74, 6) is 1.11. The van der Waals surface area contributed by atoms with Gasteiger partial charge in [0, 0.05) is 6.54 Å². The first-order chi connectivity index (χ1) is 9.72. The maximum atomic E-state index is 5.95. The van der Waals surface area contributed by atoms with Crippen LogP contribution in [0, 0.1) is 0 Å². The van der Waals surface area contributed by atoms with Crippen LogP contribution in [-0.2, 0) is 0 Å². The van der Waals surface area contributed by atoms with Crippen molar-refractivity contribution in [3.63, 3.8) is 0 Å². The second kappa shape index (κ2) is 9.36. The molecular formula is C14H27N5O. The average Bonchev–Trinajstić information content (AvgIpc) is 2.46.